The second kappa shape index (κ2) is 9.51. The zero-order chi connectivity index (χ0) is 22.7. The van der Waals surface area contributed by atoms with Crippen molar-refractivity contribution in [1.82, 2.24) is 15.0 Å². The van der Waals surface area contributed by atoms with Gasteiger partial charge in [0.15, 0.2) is 17.5 Å². The summed E-state index contributed by atoms with van der Waals surface area (Å²) in [6, 6.07) is 6.04. The molecule has 8 nitrogen and oxygen atoms in total. The summed E-state index contributed by atoms with van der Waals surface area (Å²) in [5.41, 5.74) is 0.504. The monoisotopic (exact) mass is 480 g/mol. The van der Waals surface area contributed by atoms with E-state index in [9.17, 15) is 8.42 Å². The molecule has 1 fully saturated rings. The Morgan fingerprint density at radius 2 is 2.00 bits per heavy atom. The van der Waals surface area contributed by atoms with E-state index in [0.717, 1.165) is 12.8 Å². The van der Waals surface area contributed by atoms with Gasteiger partial charge in [0, 0.05) is 30.9 Å². The van der Waals surface area contributed by atoms with Crippen LogP contribution in [0.2, 0.25) is 5.28 Å². The third kappa shape index (κ3) is 4.92. The summed E-state index contributed by atoms with van der Waals surface area (Å²) in [5.74, 6) is -0.157. The summed E-state index contributed by atoms with van der Waals surface area (Å²) in [6.45, 7) is 2.90. The highest BCUT2D eigenvalue weighted by Crippen LogP contribution is 2.38. The molecule has 1 N–H and O–H groups in total. The molecule has 0 aliphatic carbocycles. The maximum atomic E-state index is 15.5. The Kier molecular flexibility index (Phi) is 6.73. The highest BCUT2D eigenvalue weighted by atomic mass is 35.5. The third-order valence-corrected chi connectivity index (χ3v) is 6.72. The number of nitrogens with zero attached hydrogens (tertiary/aromatic N) is 3. The van der Waals surface area contributed by atoms with E-state index < -0.39 is 15.8 Å². The van der Waals surface area contributed by atoms with Crippen molar-refractivity contribution in [2.75, 3.05) is 23.7 Å². The molecule has 4 rings (SSSR count). The lowest BCUT2D eigenvalue weighted by molar-refractivity contribution is 0.0796. The molecular formula is C21H22ClFN4O4S. The number of sulfonamides is 1. The number of rotatable bonds is 7. The molecule has 0 radical (unpaired) electrons. The average molecular weight is 481 g/mol. The van der Waals surface area contributed by atoms with Crippen LogP contribution in [0.15, 0.2) is 34.9 Å². The van der Waals surface area contributed by atoms with Gasteiger partial charge in [-0.25, -0.2) is 27.8 Å². The number of aromatic nitrogens is 3. The quantitative estimate of drug-likeness (QED) is 0.491. The molecule has 1 aromatic carbocycles. The first kappa shape index (κ1) is 22.6. The highest BCUT2D eigenvalue weighted by Gasteiger charge is 2.27. The largest absolute Gasteiger partial charge is 0.438 e. The number of benzene rings is 1. The minimum atomic E-state index is -3.67. The first-order valence-electron chi connectivity index (χ1n) is 10.2. The van der Waals surface area contributed by atoms with E-state index in [0.29, 0.717) is 31.2 Å². The van der Waals surface area contributed by atoms with E-state index in [-0.39, 0.29) is 39.7 Å². The van der Waals surface area contributed by atoms with Gasteiger partial charge >= 0.3 is 0 Å². The number of oxazole rings is 1. The van der Waals surface area contributed by atoms with Gasteiger partial charge in [-0.1, -0.05) is 13.0 Å². The molecule has 0 amide bonds. The molecule has 3 aromatic rings. The molecule has 0 atom stereocenters. The highest BCUT2D eigenvalue weighted by molar-refractivity contribution is 7.92. The van der Waals surface area contributed by atoms with Crippen LogP contribution in [0.3, 0.4) is 0 Å². The first-order valence-corrected chi connectivity index (χ1v) is 12.3. The Morgan fingerprint density at radius 3 is 2.72 bits per heavy atom. The third-order valence-electron chi connectivity index (χ3n) is 5.07. The lowest BCUT2D eigenvalue weighted by Gasteiger charge is -2.18. The summed E-state index contributed by atoms with van der Waals surface area (Å²) in [6.07, 6.45) is 3.33. The molecular weight excluding hydrogens is 459 g/mol. The van der Waals surface area contributed by atoms with Gasteiger partial charge in [-0.05, 0) is 49.1 Å². The van der Waals surface area contributed by atoms with Crippen LogP contribution in [-0.4, -0.2) is 42.3 Å². The predicted octanol–water partition coefficient (Wildman–Crippen LogP) is 4.64. The van der Waals surface area contributed by atoms with Crippen molar-refractivity contribution in [3.8, 4) is 22.7 Å². The molecule has 0 bridgehead atoms. The van der Waals surface area contributed by atoms with E-state index >= 15 is 4.39 Å². The summed E-state index contributed by atoms with van der Waals surface area (Å²) in [5, 5.41) is 0.0130. The molecule has 0 saturated carbocycles. The van der Waals surface area contributed by atoms with Gasteiger partial charge in [-0.2, -0.15) is 0 Å². The summed E-state index contributed by atoms with van der Waals surface area (Å²) in [4.78, 5) is 12.7. The second-order valence-electron chi connectivity index (χ2n) is 7.42. The lowest BCUT2D eigenvalue weighted by atomic mass is 10.0. The van der Waals surface area contributed by atoms with Gasteiger partial charge in [0.05, 0.1) is 11.4 Å². The van der Waals surface area contributed by atoms with Gasteiger partial charge in [-0.3, -0.25) is 4.72 Å². The van der Waals surface area contributed by atoms with Crippen molar-refractivity contribution in [3.05, 3.63) is 47.5 Å². The van der Waals surface area contributed by atoms with Crippen LogP contribution < -0.4 is 4.72 Å². The smallest absolute Gasteiger partial charge is 0.232 e. The van der Waals surface area contributed by atoms with Crippen LogP contribution in [0.25, 0.3) is 22.7 Å². The number of hydrogen-bond acceptors (Lipinski definition) is 7. The second-order valence-corrected chi connectivity index (χ2v) is 9.60. The van der Waals surface area contributed by atoms with Gasteiger partial charge in [0.1, 0.15) is 11.4 Å². The number of nitrogens with one attached hydrogen (secondary N) is 1. The van der Waals surface area contributed by atoms with Crippen molar-refractivity contribution in [1.29, 1.82) is 0 Å². The minimum absolute atomic E-state index is 0.0130. The van der Waals surface area contributed by atoms with Gasteiger partial charge in [0.25, 0.3) is 0 Å². The van der Waals surface area contributed by atoms with E-state index in [2.05, 4.69) is 19.7 Å². The molecule has 11 heteroatoms. The summed E-state index contributed by atoms with van der Waals surface area (Å²) >= 11 is 5.96. The van der Waals surface area contributed by atoms with Crippen molar-refractivity contribution >= 4 is 27.3 Å². The Morgan fingerprint density at radius 1 is 1.22 bits per heavy atom. The van der Waals surface area contributed by atoms with E-state index in [4.69, 9.17) is 20.8 Å². The Balaban J connectivity index is 1.82. The molecule has 1 saturated heterocycles. The average Bonchev–Trinajstić information content (AvgIpc) is 3.21. The van der Waals surface area contributed by atoms with Crippen molar-refractivity contribution in [3.63, 3.8) is 0 Å². The number of anilines is 1. The Labute approximate surface area is 190 Å². The zero-order valence-electron chi connectivity index (χ0n) is 17.3. The maximum Gasteiger partial charge on any atom is 0.232 e. The summed E-state index contributed by atoms with van der Waals surface area (Å²) in [7, 11) is -3.67. The number of hydrogen-bond donors (Lipinski definition) is 1. The minimum Gasteiger partial charge on any atom is -0.438 e. The Hall–Kier alpha value is -2.56. The fourth-order valence-corrected chi connectivity index (χ4v) is 4.83. The molecule has 1 aliphatic heterocycles. The number of halogens is 2. The lowest BCUT2D eigenvalue weighted by Crippen LogP contribution is -2.17. The molecule has 0 unspecified atom stereocenters. The topological polar surface area (TPSA) is 107 Å². The van der Waals surface area contributed by atoms with Crippen LogP contribution in [0.5, 0.6) is 0 Å². The van der Waals surface area contributed by atoms with E-state index in [1.165, 1.54) is 18.3 Å². The molecule has 3 heterocycles. The van der Waals surface area contributed by atoms with Crippen LogP contribution in [0.4, 0.5) is 10.1 Å². The van der Waals surface area contributed by atoms with Crippen molar-refractivity contribution in [2.45, 2.75) is 32.1 Å². The molecule has 2 aromatic heterocycles. The normalized spacial score (nSPS) is 15.1. The molecule has 0 spiro atoms. The standard InChI is InChI=1S/C21H22ClFN4O4S/c1-2-12-32(28,29)27-15-5-3-4-14(17(15)23)18-19(16-6-9-24-21(22)25-16)31-20(26-18)13-7-10-30-11-8-13/h3-6,9,13,27H,2,7-8,10-12H2,1H3. The van der Waals surface area contributed by atoms with Crippen molar-refractivity contribution < 1.29 is 22.0 Å². The van der Waals surface area contributed by atoms with E-state index in [1.54, 1.807) is 19.1 Å². The molecule has 32 heavy (non-hydrogen) atoms. The van der Waals surface area contributed by atoms with Gasteiger partial charge in [0.2, 0.25) is 15.3 Å². The van der Waals surface area contributed by atoms with Crippen LogP contribution in [0.1, 0.15) is 38.0 Å². The fourth-order valence-electron chi connectivity index (χ4n) is 3.55. The molecule has 170 valence electrons. The van der Waals surface area contributed by atoms with Crippen molar-refractivity contribution in [2.24, 2.45) is 0 Å². The Bertz CT molecular complexity index is 1210. The van der Waals surface area contributed by atoms with Crippen LogP contribution in [0, 0.1) is 5.82 Å². The SMILES string of the molecule is CCCS(=O)(=O)Nc1cccc(-c2nc(C3CCOCC3)oc2-c2ccnc(Cl)n2)c1F. The fraction of sp³-hybridized carbons (Fsp3) is 0.381. The first-order chi connectivity index (χ1) is 15.4. The van der Waals surface area contributed by atoms with Crippen LogP contribution in [-0.2, 0) is 14.8 Å². The van der Waals surface area contributed by atoms with Crippen LogP contribution >= 0.6 is 11.6 Å². The van der Waals surface area contributed by atoms with E-state index in [1.807, 2.05) is 0 Å². The molecule has 1 aliphatic rings. The van der Waals surface area contributed by atoms with Gasteiger partial charge in [-0.15, -0.1) is 0 Å². The van der Waals surface area contributed by atoms with Gasteiger partial charge < -0.3 is 9.15 Å². The number of ether oxygens (including phenoxy) is 1. The summed E-state index contributed by atoms with van der Waals surface area (Å²) < 4.78 is 53.6. The maximum absolute atomic E-state index is 15.5. The predicted molar refractivity (Wildman–Crippen MR) is 118 cm³/mol. The zero-order valence-corrected chi connectivity index (χ0v) is 18.9.